The van der Waals surface area contributed by atoms with E-state index in [1.807, 2.05) is 6.92 Å². The van der Waals surface area contributed by atoms with Gasteiger partial charge in [0.1, 0.15) is 6.04 Å². The predicted molar refractivity (Wildman–Crippen MR) is 53.7 cm³/mol. The van der Waals surface area contributed by atoms with Crippen LogP contribution in [-0.2, 0) is 4.79 Å². The highest BCUT2D eigenvalue weighted by molar-refractivity contribution is 5.73. The Hall–Kier alpha value is -0.830. The molecule has 0 aliphatic rings. The van der Waals surface area contributed by atoms with Gasteiger partial charge in [-0.15, -0.1) is 6.58 Å². The summed E-state index contributed by atoms with van der Waals surface area (Å²) in [5, 5.41) is 11.2. The highest BCUT2D eigenvalue weighted by atomic mass is 16.4. The summed E-state index contributed by atoms with van der Waals surface area (Å²) in [5.74, 6) is -1.32. The molecule has 0 heterocycles. The maximum absolute atomic E-state index is 11.0. The molecule has 2 N–H and O–H groups in total. The summed E-state index contributed by atoms with van der Waals surface area (Å²) in [6.07, 6.45) is 3.63. The number of rotatable bonds is 7. The lowest BCUT2D eigenvalue weighted by molar-refractivity contribution is -0.140. The second-order valence-corrected chi connectivity index (χ2v) is 2.99. The van der Waals surface area contributed by atoms with Crippen molar-refractivity contribution in [1.82, 2.24) is 5.32 Å². The van der Waals surface area contributed by atoms with Gasteiger partial charge in [-0.25, -0.2) is 0 Å². The van der Waals surface area contributed by atoms with Crippen LogP contribution in [0.2, 0.25) is 0 Å². The molecule has 0 saturated carbocycles. The second kappa shape index (κ2) is 6.66. The van der Waals surface area contributed by atoms with E-state index in [1.165, 1.54) is 0 Å². The van der Waals surface area contributed by atoms with Gasteiger partial charge in [0.25, 0.3) is 0 Å². The van der Waals surface area contributed by atoms with Crippen molar-refractivity contribution in [2.75, 3.05) is 6.98 Å². The molecule has 0 aromatic rings. The van der Waals surface area contributed by atoms with Crippen LogP contribution in [-0.4, -0.2) is 24.1 Å². The van der Waals surface area contributed by atoms with Crippen LogP contribution in [0.5, 0.6) is 0 Å². The van der Waals surface area contributed by atoms with Gasteiger partial charge in [0.05, 0.1) is 0 Å². The van der Waals surface area contributed by atoms with Crippen molar-refractivity contribution in [1.29, 1.82) is 0 Å². The zero-order valence-corrected chi connectivity index (χ0v) is 7.92. The molecular formula is C10H19NO2. The van der Waals surface area contributed by atoms with Crippen LogP contribution in [0.4, 0.5) is 0 Å². The van der Waals surface area contributed by atoms with Crippen LogP contribution in [0.25, 0.3) is 0 Å². The average Bonchev–Trinajstić information content (AvgIpc) is 2.15. The Kier molecular flexibility index (Phi) is 3.87. The Bertz CT molecular complexity index is 241. The topological polar surface area (TPSA) is 49.3 Å². The molecule has 0 fully saturated rings. The number of likely N-dealkylation sites (N-methyl/N-ethyl adjacent to an activating group) is 1. The molecule has 0 aliphatic carbocycles. The first-order valence-electron chi connectivity index (χ1n) is 5.93. The maximum Gasteiger partial charge on any atom is 0.320 e. The van der Waals surface area contributed by atoms with E-state index in [0.29, 0.717) is 19.3 Å². The third-order valence-corrected chi connectivity index (χ3v) is 2.16. The molecular weight excluding hydrogens is 166 g/mol. The summed E-state index contributed by atoms with van der Waals surface area (Å²) in [4.78, 5) is 11.0. The van der Waals surface area contributed by atoms with Gasteiger partial charge in [0, 0.05) is 4.11 Å². The summed E-state index contributed by atoms with van der Waals surface area (Å²) in [5.41, 5.74) is 0. The molecule has 0 bridgehead atoms. The minimum absolute atomic E-state index is 0.198. The number of carbonyl (C=O) groups is 1. The average molecular weight is 188 g/mol. The van der Waals surface area contributed by atoms with Gasteiger partial charge in [-0.1, -0.05) is 19.4 Å². The first-order valence-corrected chi connectivity index (χ1v) is 4.43. The summed E-state index contributed by atoms with van der Waals surface area (Å²) < 4.78 is 21.1. The van der Waals surface area contributed by atoms with Crippen molar-refractivity contribution in [3.8, 4) is 0 Å². The van der Waals surface area contributed by atoms with Gasteiger partial charge < -0.3 is 10.4 Å². The molecule has 2 unspecified atom stereocenters. The lowest BCUT2D eigenvalue weighted by atomic mass is 9.92. The van der Waals surface area contributed by atoms with Crippen LogP contribution in [0.1, 0.15) is 30.3 Å². The van der Waals surface area contributed by atoms with E-state index in [9.17, 15) is 4.79 Å². The quantitative estimate of drug-likeness (QED) is 0.597. The number of carboxylic acid groups (broad SMARTS) is 1. The second-order valence-electron chi connectivity index (χ2n) is 2.99. The van der Waals surface area contributed by atoms with Crippen LogP contribution in [0, 0.1) is 5.92 Å². The lowest BCUT2D eigenvalue weighted by Crippen LogP contribution is -2.40. The van der Waals surface area contributed by atoms with E-state index < -0.39 is 19.0 Å². The Balaban J connectivity index is 4.59. The normalized spacial score (nSPS) is 19.3. The number of hydrogen-bond donors (Lipinski definition) is 2. The molecule has 76 valence electrons. The molecule has 0 amide bonds. The fourth-order valence-electron chi connectivity index (χ4n) is 1.32. The zero-order chi connectivity index (χ0) is 12.8. The molecule has 0 rings (SSSR count). The number of hydrogen-bond acceptors (Lipinski definition) is 2. The predicted octanol–water partition coefficient (Wildman–Crippen LogP) is 1.65. The van der Waals surface area contributed by atoms with E-state index in [-0.39, 0.29) is 5.92 Å². The number of aliphatic carboxylic acids is 1. The van der Waals surface area contributed by atoms with Crippen LogP contribution in [0.15, 0.2) is 12.7 Å². The first kappa shape index (κ1) is 7.56. The summed E-state index contributed by atoms with van der Waals surface area (Å²) in [6.45, 7) is 2.99. The zero-order valence-electron chi connectivity index (χ0n) is 10.9. The standard InChI is InChI=1S/C10H19NO2/c1-4-6-7-8(5-2)9(11-3)10(12)13/h4,8-9,11H,1,5-7H2,2-3H3,(H,12,13)/i3D3. The van der Waals surface area contributed by atoms with Gasteiger partial charge in [-0.3, -0.25) is 4.79 Å². The van der Waals surface area contributed by atoms with Crippen molar-refractivity contribution < 1.29 is 14.0 Å². The first-order chi connectivity index (χ1) is 7.31. The smallest absolute Gasteiger partial charge is 0.320 e. The van der Waals surface area contributed by atoms with Gasteiger partial charge in [-0.05, 0) is 25.7 Å². The maximum atomic E-state index is 11.0. The largest absolute Gasteiger partial charge is 0.480 e. The highest BCUT2D eigenvalue weighted by Crippen LogP contribution is 2.16. The van der Waals surface area contributed by atoms with Gasteiger partial charge in [0.15, 0.2) is 0 Å². The number of allylic oxidation sites excluding steroid dienone is 1. The molecule has 0 spiro atoms. The van der Waals surface area contributed by atoms with Crippen molar-refractivity contribution in [2.24, 2.45) is 5.92 Å². The SMILES string of the molecule is [2H]C([2H])([2H])NC(C(=O)O)C(CC)CCC=C. The fourth-order valence-corrected chi connectivity index (χ4v) is 1.32. The Morgan fingerprint density at radius 1 is 1.85 bits per heavy atom. The molecule has 0 aromatic carbocycles. The third kappa shape index (κ3) is 4.08. The van der Waals surface area contributed by atoms with E-state index in [2.05, 4.69) is 11.9 Å². The van der Waals surface area contributed by atoms with E-state index in [0.717, 1.165) is 0 Å². The van der Waals surface area contributed by atoms with Gasteiger partial charge in [0.2, 0.25) is 0 Å². The van der Waals surface area contributed by atoms with Crippen molar-refractivity contribution >= 4 is 5.97 Å². The molecule has 2 atom stereocenters. The molecule has 3 heteroatoms. The molecule has 0 aromatic heterocycles. The van der Waals surface area contributed by atoms with E-state index in [4.69, 9.17) is 9.22 Å². The van der Waals surface area contributed by atoms with Crippen LogP contribution in [0.3, 0.4) is 0 Å². The van der Waals surface area contributed by atoms with Crippen molar-refractivity contribution in [3.05, 3.63) is 12.7 Å². The summed E-state index contributed by atoms with van der Waals surface area (Å²) >= 11 is 0. The van der Waals surface area contributed by atoms with E-state index >= 15 is 0 Å². The molecule has 13 heavy (non-hydrogen) atoms. The number of carboxylic acids is 1. The monoisotopic (exact) mass is 188 g/mol. The van der Waals surface area contributed by atoms with Crippen LogP contribution >= 0.6 is 0 Å². The molecule has 0 aliphatic heterocycles. The van der Waals surface area contributed by atoms with Crippen molar-refractivity contribution in [3.63, 3.8) is 0 Å². The Labute approximate surface area is 84.1 Å². The van der Waals surface area contributed by atoms with Gasteiger partial charge >= 0.3 is 5.97 Å². The highest BCUT2D eigenvalue weighted by Gasteiger charge is 2.23. The summed E-state index contributed by atoms with van der Waals surface area (Å²) in [6, 6.07) is -1.03. The van der Waals surface area contributed by atoms with Crippen LogP contribution < -0.4 is 5.32 Å². The minimum Gasteiger partial charge on any atom is -0.480 e. The Morgan fingerprint density at radius 2 is 2.54 bits per heavy atom. The number of nitrogens with one attached hydrogen (secondary N) is 1. The minimum atomic E-state index is -2.43. The Morgan fingerprint density at radius 3 is 2.92 bits per heavy atom. The molecule has 0 radical (unpaired) electrons. The third-order valence-electron chi connectivity index (χ3n) is 2.16. The lowest BCUT2D eigenvalue weighted by Gasteiger charge is -2.21. The van der Waals surface area contributed by atoms with Gasteiger partial charge in [-0.2, -0.15) is 0 Å². The van der Waals surface area contributed by atoms with E-state index in [1.54, 1.807) is 6.08 Å². The summed E-state index contributed by atoms with van der Waals surface area (Å²) in [7, 11) is 0. The fraction of sp³-hybridized carbons (Fsp3) is 0.700. The molecule has 0 saturated heterocycles. The van der Waals surface area contributed by atoms with Crippen molar-refractivity contribution in [2.45, 2.75) is 32.2 Å². The molecule has 3 nitrogen and oxygen atoms in total.